The summed E-state index contributed by atoms with van der Waals surface area (Å²) in [5, 5.41) is 0. The number of methoxy groups -OCH3 is 1. The summed E-state index contributed by atoms with van der Waals surface area (Å²) in [5.74, 6) is 0.598. The Kier molecular flexibility index (Phi) is 6.22. The van der Waals surface area contributed by atoms with Crippen LogP contribution in [0.5, 0.6) is 5.75 Å². The number of ether oxygens (including phenoxy) is 2. The maximum absolute atomic E-state index is 12.4. The Balaban J connectivity index is 1.99. The number of morpholine rings is 1. The molecule has 0 spiro atoms. The molecule has 22 heavy (non-hydrogen) atoms. The smallest absolute Gasteiger partial charge is 0.240 e. The van der Waals surface area contributed by atoms with Crippen molar-refractivity contribution in [1.82, 2.24) is 9.62 Å². The van der Waals surface area contributed by atoms with Gasteiger partial charge in [0, 0.05) is 25.7 Å². The van der Waals surface area contributed by atoms with Crippen LogP contribution in [0, 0.1) is 0 Å². The monoisotopic (exact) mass is 392 g/mol. The summed E-state index contributed by atoms with van der Waals surface area (Å²) in [7, 11) is -2.00. The third-order valence-corrected chi connectivity index (χ3v) is 5.71. The molecule has 1 fully saturated rings. The highest BCUT2D eigenvalue weighted by molar-refractivity contribution is 9.10. The number of rotatable bonds is 6. The molecule has 0 radical (unpaired) electrons. The SMILES string of the molecule is COc1ccc(S(=O)(=O)NC[C@H](C)N2CCOCC2)cc1Br. The van der Waals surface area contributed by atoms with Gasteiger partial charge in [-0.1, -0.05) is 0 Å². The molecule has 6 nitrogen and oxygen atoms in total. The Labute approximate surface area is 140 Å². The molecule has 1 aromatic rings. The minimum Gasteiger partial charge on any atom is -0.496 e. The first-order valence-electron chi connectivity index (χ1n) is 7.09. The highest BCUT2D eigenvalue weighted by Gasteiger charge is 2.21. The van der Waals surface area contributed by atoms with Gasteiger partial charge in [-0.3, -0.25) is 4.90 Å². The van der Waals surface area contributed by atoms with Gasteiger partial charge in [-0.15, -0.1) is 0 Å². The molecule has 2 rings (SSSR count). The van der Waals surface area contributed by atoms with Gasteiger partial charge in [0.05, 0.1) is 29.7 Å². The van der Waals surface area contributed by atoms with E-state index in [0.29, 0.717) is 30.0 Å². The summed E-state index contributed by atoms with van der Waals surface area (Å²) in [5.41, 5.74) is 0. The quantitative estimate of drug-likeness (QED) is 0.793. The van der Waals surface area contributed by atoms with Crippen molar-refractivity contribution < 1.29 is 17.9 Å². The zero-order chi connectivity index (χ0) is 16.2. The number of hydrogen-bond donors (Lipinski definition) is 1. The summed E-state index contributed by atoms with van der Waals surface area (Å²) < 4.78 is 38.4. The van der Waals surface area contributed by atoms with Gasteiger partial charge in [0.2, 0.25) is 10.0 Å². The number of benzene rings is 1. The lowest BCUT2D eigenvalue weighted by molar-refractivity contribution is 0.0213. The topological polar surface area (TPSA) is 67.9 Å². The molecule has 1 aliphatic heterocycles. The van der Waals surface area contributed by atoms with Gasteiger partial charge < -0.3 is 9.47 Å². The molecular formula is C14H21BrN2O4S. The van der Waals surface area contributed by atoms with Gasteiger partial charge in [-0.25, -0.2) is 13.1 Å². The summed E-state index contributed by atoms with van der Waals surface area (Å²) in [6.07, 6.45) is 0. The van der Waals surface area contributed by atoms with E-state index in [0.717, 1.165) is 13.1 Å². The molecule has 0 aromatic heterocycles. The summed E-state index contributed by atoms with van der Waals surface area (Å²) >= 11 is 3.30. The third kappa shape index (κ3) is 4.42. The first kappa shape index (κ1) is 17.7. The largest absolute Gasteiger partial charge is 0.496 e. The van der Waals surface area contributed by atoms with Gasteiger partial charge in [-0.2, -0.15) is 0 Å². The molecule has 0 aliphatic carbocycles. The average Bonchev–Trinajstić information content (AvgIpc) is 2.53. The van der Waals surface area contributed by atoms with E-state index in [1.165, 1.54) is 13.2 Å². The highest BCUT2D eigenvalue weighted by atomic mass is 79.9. The van der Waals surface area contributed by atoms with Crippen molar-refractivity contribution >= 4 is 26.0 Å². The number of nitrogens with zero attached hydrogens (tertiary/aromatic N) is 1. The van der Waals surface area contributed by atoms with Gasteiger partial charge in [0.15, 0.2) is 0 Å². The second kappa shape index (κ2) is 7.74. The van der Waals surface area contributed by atoms with Crippen molar-refractivity contribution in [3.05, 3.63) is 22.7 Å². The van der Waals surface area contributed by atoms with Crippen LogP contribution in [0.4, 0.5) is 0 Å². The van der Waals surface area contributed by atoms with E-state index in [1.54, 1.807) is 12.1 Å². The molecule has 124 valence electrons. The molecule has 1 saturated heterocycles. The lowest BCUT2D eigenvalue weighted by Gasteiger charge is -2.32. The maximum Gasteiger partial charge on any atom is 0.240 e. The average molecular weight is 393 g/mol. The zero-order valence-electron chi connectivity index (χ0n) is 12.7. The highest BCUT2D eigenvalue weighted by Crippen LogP contribution is 2.27. The zero-order valence-corrected chi connectivity index (χ0v) is 15.1. The Morgan fingerprint density at radius 3 is 2.68 bits per heavy atom. The normalized spacial score (nSPS) is 18.1. The minimum atomic E-state index is -3.53. The predicted octanol–water partition coefficient (Wildman–Crippen LogP) is 1.46. The Bertz CT molecular complexity index is 603. The number of sulfonamides is 1. The molecule has 0 saturated carbocycles. The lowest BCUT2D eigenvalue weighted by Crippen LogP contribution is -2.47. The Hall–Kier alpha value is -0.670. The predicted molar refractivity (Wildman–Crippen MR) is 87.7 cm³/mol. The minimum absolute atomic E-state index is 0.125. The molecule has 1 N–H and O–H groups in total. The molecule has 1 aromatic carbocycles. The first-order valence-corrected chi connectivity index (χ1v) is 9.36. The molecule has 1 aliphatic rings. The third-order valence-electron chi connectivity index (χ3n) is 3.67. The van der Waals surface area contributed by atoms with Crippen LogP contribution in [0.25, 0.3) is 0 Å². The number of halogens is 1. The molecular weight excluding hydrogens is 372 g/mol. The van der Waals surface area contributed by atoms with Crippen LogP contribution in [0.15, 0.2) is 27.6 Å². The van der Waals surface area contributed by atoms with Crippen molar-refractivity contribution in [1.29, 1.82) is 0 Å². The number of nitrogens with one attached hydrogen (secondary N) is 1. The van der Waals surface area contributed by atoms with Crippen LogP contribution >= 0.6 is 15.9 Å². The fourth-order valence-corrected chi connectivity index (χ4v) is 4.11. The Morgan fingerprint density at radius 2 is 2.09 bits per heavy atom. The van der Waals surface area contributed by atoms with Gasteiger partial charge in [-0.05, 0) is 41.1 Å². The van der Waals surface area contributed by atoms with E-state index in [9.17, 15) is 8.42 Å². The van der Waals surface area contributed by atoms with Crippen LogP contribution in [0.3, 0.4) is 0 Å². The number of hydrogen-bond acceptors (Lipinski definition) is 5. The van der Waals surface area contributed by atoms with Crippen LogP contribution in [0.2, 0.25) is 0 Å². The van der Waals surface area contributed by atoms with Crippen LogP contribution < -0.4 is 9.46 Å². The van der Waals surface area contributed by atoms with Crippen LogP contribution in [0.1, 0.15) is 6.92 Å². The molecule has 8 heteroatoms. The molecule has 0 bridgehead atoms. The van der Waals surface area contributed by atoms with Gasteiger partial charge in [0.1, 0.15) is 5.75 Å². The first-order chi connectivity index (χ1) is 10.4. The lowest BCUT2D eigenvalue weighted by atomic mass is 10.2. The van der Waals surface area contributed by atoms with Crippen molar-refractivity contribution in [2.24, 2.45) is 0 Å². The summed E-state index contributed by atoms with van der Waals surface area (Å²) in [6.45, 7) is 5.43. The van der Waals surface area contributed by atoms with E-state index in [4.69, 9.17) is 9.47 Å². The second-order valence-electron chi connectivity index (χ2n) is 5.15. The summed E-state index contributed by atoms with van der Waals surface area (Å²) in [6, 6.07) is 4.83. The van der Waals surface area contributed by atoms with Gasteiger partial charge >= 0.3 is 0 Å². The molecule has 0 amide bonds. The molecule has 1 heterocycles. The Morgan fingerprint density at radius 1 is 1.41 bits per heavy atom. The van der Waals surface area contributed by atoms with Gasteiger partial charge in [0.25, 0.3) is 0 Å². The van der Waals surface area contributed by atoms with E-state index in [-0.39, 0.29) is 10.9 Å². The maximum atomic E-state index is 12.4. The van der Waals surface area contributed by atoms with Crippen molar-refractivity contribution in [2.45, 2.75) is 17.9 Å². The standard InChI is InChI=1S/C14H21BrN2O4S/c1-11(17-5-7-21-8-6-17)10-16-22(18,19)12-3-4-14(20-2)13(15)9-12/h3-4,9,11,16H,5-8,10H2,1-2H3/t11-/m0/s1. The fraction of sp³-hybridized carbons (Fsp3) is 0.571. The van der Waals surface area contributed by atoms with E-state index in [2.05, 4.69) is 25.6 Å². The second-order valence-corrected chi connectivity index (χ2v) is 7.77. The van der Waals surface area contributed by atoms with Crippen molar-refractivity contribution in [2.75, 3.05) is 40.0 Å². The van der Waals surface area contributed by atoms with Crippen molar-refractivity contribution in [3.8, 4) is 5.75 Å². The van der Waals surface area contributed by atoms with E-state index < -0.39 is 10.0 Å². The molecule has 0 unspecified atom stereocenters. The van der Waals surface area contributed by atoms with Crippen LogP contribution in [-0.2, 0) is 14.8 Å². The van der Waals surface area contributed by atoms with Crippen molar-refractivity contribution in [3.63, 3.8) is 0 Å². The fourth-order valence-electron chi connectivity index (χ4n) is 2.28. The molecule has 1 atom stereocenters. The van der Waals surface area contributed by atoms with Crippen LogP contribution in [-0.4, -0.2) is 59.3 Å². The summed E-state index contributed by atoms with van der Waals surface area (Å²) in [4.78, 5) is 2.44. The van der Waals surface area contributed by atoms with E-state index >= 15 is 0 Å². The van der Waals surface area contributed by atoms with E-state index in [1.807, 2.05) is 6.92 Å².